The summed E-state index contributed by atoms with van der Waals surface area (Å²) in [7, 11) is 4.61. The lowest BCUT2D eigenvalue weighted by atomic mass is 10.2. The highest BCUT2D eigenvalue weighted by atomic mass is 16.5. The van der Waals surface area contributed by atoms with E-state index in [9.17, 15) is 4.79 Å². The average molecular weight is 391 g/mol. The number of ether oxygens (including phenoxy) is 3. The average Bonchev–Trinajstić information content (AvgIpc) is 3.27. The van der Waals surface area contributed by atoms with E-state index >= 15 is 0 Å². The molecule has 1 fully saturated rings. The first-order valence-corrected chi connectivity index (χ1v) is 9.17. The number of benzene rings is 1. The van der Waals surface area contributed by atoms with Gasteiger partial charge in [-0.2, -0.15) is 4.98 Å². The van der Waals surface area contributed by atoms with Crippen LogP contribution in [0.5, 0.6) is 11.5 Å². The van der Waals surface area contributed by atoms with E-state index in [0.717, 1.165) is 12.8 Å². The van der Waals surface area contributed by atoms with Crippen molar-refractivity contribution in [1.29, 1.82) is 0 Å². The van der Waals surface area contributed by atoms with E-state index in [1.165, 1.54) is 14.2 Å². The number of carbonyl (C=O) groups is 1. The SMILES string of the molecule is [2H]c1c(OC)c(OC)c([2H])c2c(N)nc(N(C)CCCNC(=O)C3CCCO3)nc12. The fraction of sp³-hybridized carbons (Fsp3) is 0.526. The molecule has 9 heteroatoms. The Kier molecular flexibility index (Phi) is 5.51. The van der Waals surface area contributed by atoms with Crippen LogP contribution in [0.2, 0.25) is 0 Å². The molecule has 0 radical (unpaired) electrons. The Morgan fingerprint density at radius 1 is 1.39 bits per heavy atom. The third-order valence-corrected chi connectivity index (χ3v) is 4.54. The van der Waals surface area contributed by atoms with Crippen LogP contribution in [-0.2, 0) is 9.53 Å². The Bertz CT molecular complexity index is 937. The third kappa shape index (κ3) is 4.36. The van der Waals surface area contributed by atoms with Crippen LogP contribution >= 0.6 is 0 Å². The van der Waals surface area contributed by atoms with Gasteiger partial charge in [0.25, 0.3) is 0 Å². The van der Waals surface area contributed by atoms with Crippen molar-refractivity contribution in [3.63, 3.8) is 0 Å². The lowest BCUT2D eigenvalue weighted by molar-refractivity contribution is -0.130. The molecule has 3 N–H and O–H groups in total. The number of nitrogens with one attached hydrogen (secondary N) is 1. The van der Waals surface area contributed by atoms with Crippen molar-refractivity contribution in [1.82, 2.24) is 15.3 Å². The number of anilines is 2. The zero-order valence-electron chi connectivity index (χ0n) is 18.4. The number of methoxy groups -OCH3 is 2. The number of hydrogen-bond acceptors (Lipinski definition) is 8. The number of nitrogens with two attached hydrogens (primary N) is 1. The number of aromatic nitrogens is 2. The van der Waals surface area contributed by atoms with Gasteiger partial charge in [0.05, 0.1) is 22.5 Å². The van der Waals surface area contributed by atoms with Gasteiger partial charge in [0.15, 0.2) is 11.5 Å². The van der Waals surface area contributed by atoms with Crippen LogP contribution in [0.4, 0.5) is 11.8 Å². The monoisotopic (exact) mass is 391 g/mol. The summed E-state index contributed by atoms with van der Waals surface area (Å²) >= 11 is 0. The summed E-state index contributed by atoms with van der Waals surface area (Å²) in [5.41, 5.74) is 6.32. The first-order valence-electron chi connectivity index (χ1n) is 10.2. The minimum atomic E-state index is -0.340. The molecule has 0 bridgehead atoms. The van der Waals surface area contributed by atoms with Crippen molar-refractivity contribution < 1.29 is 21.7 Å². The maximum Gasteiger partial charge on any atom is 0.249 e. The van der Waals surface area contributed by atoms with E-state index in [1.807, 2.05) is 0 Å². The number of nitrogens with zero attached hydrogens (tertiary/aromatic N) is 3. The minimum absolute atomic E-state index is 0.0204. The number of carbonyl (C=O) groups excluding carboxylic acids is 1. The van der Waals surface area contributed by atoms with Crippen LogP contribution in [0, 0.1) is 0 Å². The number of amides is 1. The molecule has 2 aromatic rings. The van der Waals surface area contributed by atoms with E-state index < -0.39 is 0 Å². The predicted molar refractivity (Wildman–Crippen MR) is 107 cm³/mol. The number of hydrogen-bond donors (Lipinski definition) is 2. The highest BCUT2D eigenvalue weighted by molar-refractivity contribution is 5.91. The zero-order chi connectivity index (χ0) is 21.8. The summed E-state index contributed by atoms with van der Waals surface area (Å²) < 4.78 is 32.6. The number of nitrogen functional groups attached to an aromatic ring is 1. The molecule has 1 atom stereocenters. The first-order chi connectivity index (χ1) is 14.4. The summed E-state index contributed by atoms with van der Waals surface area (Å²) in [4.78, 5) is 22.5. The standard InChI is InChI=1S/C19H27N5O4/c1-24(8-5-7-21-18(25)14-6-4-9-28-14)19-22-13-11-16(27-3)15(26-2)10-12(13)17(20)23-19/h10-11,14H,4-9H2,1-3H3,(H,21,25)(H2,20,22,23)/i10D,11D. The van der Waals surface area contributed by atoms with E-state index in [-0.39, 0.29) is 52.3 Å². The Hall–Kier alpha value is -2.81. The smallest absolute Gasteiger partial charge is 0.249 e. The molecule has 2 heterocycles. The van der Waals surface area contributed by atoms with Crippen LogP contribution in [0.3, 0.4) is 0 Å². The highest BCUT2D eigenvalue weighted by Gasteiger charge is 2.22. The molecule has 1 amide bonds. The molecule has 152 valence electrons. The Balaban J connectivity index is 1.74. The summed E-state index contributed by atoms with van der Waals surface area (Å²) in [6, 6.07) is -0.0446. The molecule has 1 saturated heterocycles. The molecule has 28 heavy (non-hydrogen) atoms. The molecule has 1 aromatic carbocycles. The summed E-state index contributed by atoms with van der Waals surface area (Å²) in [6.45, 7) is 1.69. The van der Waals surface area contributed by atoms with Gasteiger partial charge in [-0.3, -0.25) is 4.79 Å². The molecule has 3 rings (SSSR count). The van der Waals surface area contributed by atoms with Crippen molar-refractivity contribution in [2.24, 2.45) is 0 Å². The van der Waals surface area contributed by atoms with Crippen LogP contribution in [0.25, 0.3) is 10.9 Å². The quantitative estimate of drug-likeness (QED) is 0.649. The van der Waals surface area contributed by atoms with Gasteiger partial charge >= 0.3 is 0 Å². The number of rotatable bonds is 8. The minimum Gasteiger partial charge on any atom is -0.493 e. The molecule has 1 aromatic heterocycles. The molecule has 9 nitrogen and oxygen atoms in total. The largest absolute Gasteiger partial charge is 0.493 e. The van der Waals surface area contributed by atoms with E-state index in [2.05, 4.69) is 15.3 Å². The van der Waals surface area contributed by atoms with Gasteiger partial charge in [0.2, 0.25) is 11.9 Å². The molecule has 0 aliphatic carbocycles. The van der Waals surface area contributed by atoms with Gasteiger partial charge in [-0.15, -0.1) is 0 Å². The topological polar surface area (TPSA) is 112 Å². The van der Waals surface area contributed by atoms with Crippen LogP contribution in [0.15, 0.2) is 12.1 Å². The van der Waals surface area contributed by atoms with Crippen molar-refractivity contribution in [2.75, 3.05) is 51.6 Å². The molecule has 1 aliphatic heterocycles. The van der Waals surface area contributed by atoms with Crippen LogP contribution in [0.1, 0.15) is 22.0 Å². The fourth-order valence-corrected chi connectivity index (χ4v) is 3.00. The Labute approximate surface area is 167 Å². The van der Waals surface area contributed by atoms with Gasteiger partial charge in [0, 0.05) is 38.2 Å². The Morgan fingerprint density at radius 2 is 2.14 bits per heavy atom. The summed E-state index contributed by atoms with van der Waals surface area (Å²) in [5, 5.41) is 3.12. The molecule has 1 unspecified atom stereocenters. The fourth-order valence-electron chi connectivity index (χ4n) is 3.00. The molecule has 0 spiro atoms. The highest BCUT2D eigenvalue weighted by Crippen LogP contribution is 2.33. The van der Waals surface area contributed by atoms with Crippen LogP contribution in [-0.4, -0.2) is 62.9 Å². The van der Waals surface area contributed by atoms with Crippen molar-refractivity contribution in [2.45, 2.75) is 25.4 Å². The lowest BCUT2D eigenvalue weighted by Crippen LogP contribution is -2.36. The van der Waals surface area contributed by atoms with Gasteiger partial charge in [-0.1, -0.05) is 0 Å². The summed E-state index contributed by atoms with van der Waals surface area (Å²) in [6.07, 6.45) is 2.00. The first kappa shape index (κ1) is 17.3. The third-order valence-electron chi connectivity index (χ3n) is 4.54. The van der Waals surface area contributed by atoms with Gasteiger partial charge in [-0.25, -0.2) is 4.98 Å². The van der Waals surface area contributed by atoms with E-state index in [4.69, 9.17) is 22.7 Å². The molecule has 1 aliphatic rings. The Morgan fingerprint density at radius 3 is 2.82 bits per heavy atom. The van der Waals surface area contributed by atoms with Gasteiger partial charge in [-0.05, 0) is 25.3 Å². The van der Waals surface area contributed by atoms with E-state index in [1.54, 1.807) is 11.9 Å². The lowest BCUT2D eigenvalue weighted by Gasteiger charge is -2.19. The van der Waals surface area contributed by atoms with Gasteiger partial charge < -0.3 is 30.2 Å². The number of fused-ring (bicyclic) bond motifs is 1. The van der Waals surface area contributed by atoms with Crippen molar-refractivity contribution >= 4 is 28.6 Å². The molecular weight excluding hydrogens is 362 g/mol. The second-order valence-corrected chi connectivity index (χ2v) is 6.52. The maximum absolute atomic E-state index is 12.0. The maximum atomic E-state index is 12.0. The predicted octanol–water partition coefficient (Wildman–Crippen LogP) is 1.35. The van der Waals surface area contributed by atoms with Crippen molar-refractivity contribution in [3.8, 4) is 11.5 Å². The van der Waals surface area contributed by atoms with Gasteiger partial charge in [0.1, 0.15) is 11.9 Å². The second-order valence-electron chi connectivity index (χ2n) is 6.52. The zero-order valence-corrected chi connectivity index (χ0v) is 16.4. The van der Waals surface area contributed by atoms with Crippen LogP contribution < -0.4 is 25.4 Å². The molecule has 0 saturated carbocycles. The summed E-state index contributed by atoms with van der Waals surface area (Å²) in [5.74, 6) is 0.578. The van der Waals surface area contributed by atoms with E-state index in [0.29, 0.717) is 32.1 Å². The second kappa shape index (κ2) is 8.92. The molecular formula is C19H27N5O4. The van der Waals surface area contributed by atoms with Crippen molar-refractivity contribution in [3.05, 3.63) is 12.1 Å². The normalized spacial score (nSPS) is 17.2.